The molecule has 0 atom stereocenters. The van der Waals surface area contributed by atoms with Crippen molar-refractivity contribution in [2.75, 3.05) is 13.4 Å². The molecule has 0 unspecified atom stereocenters. The summed E-state index contributed by atoms with van der Waals surface area (Å²) in [4.78, 5) is 14.3. The summed E-state index contributed by atoms with van der Waals surface area (Å²) in [5.74, 6) is 0.589. The van der Waals surface area contributed by atoms with Gasteiger partial charge in [0, 0.05) is 10.5 Å². The SMILES string of the molecule is COc1ccc(-c2cc3nn(Cc4ccc(C(F)(F)F)cc4)c(=O)c-3nn2-c2ccc(SC)cc2)c(Cl)c1. The number of ether oxygens (including phenoxy) is 1. The Morgan fingerprint density at radius 1 is 0.974 bits per heavy atom. The lowest BCUT2D eigenvalue weighted by Gasteiger charge is -2.16. The van der Waals surface area contributed by atoms with Gasteiger partial charge in [-0.05, 0) is 72.5 Å². The van der Waals surface area contributed by atoms with Crippen molar-refractivity contribution in [2.24, 2.45) is 0 Å². The molecule has 38 heavy (non-hydrogen) atoms. The topological polar surface area (TPSA) is 61.9 Å². The van der Waals surface area contributed by atoms with Gasteiger partial charge in [-0.2, -0.15) is 23.4 Å². The fourth-order valence-electron chi connectivity index (χ4n) is 4.01. The second kappa shape index (κ2) is 10.2. The average molecular weight is 557 g/mol. The van der Waals surface area contributed by atoms with E-state index in [-0.39, 0.29) is 12.2 Å². The first-order valence-electron chi connectivity index (χ1n) is 11.3. The molecule has 0 amide bonds. The Hall–Kier alpha value is -3.76. The van der Waals surface area contributed by atoms with Gasteiger partial charge in [-0.1, -0.05) is 23.7 Å². The van der Waals surface area contributed by atoms with E-state index in [1.807, 2.05) is 30.5 Å². The van der Waals surface area contributed by atoms with Crippen LogP contribution in [0.4, 0.5) is 13.2 Å². The Morgan fingerprint density at radius 2 is 1.68 bits per heavy atom. The summed E-state index contributed by atoms with van der Waals surface area (Å²) < 4.78 is 46.9. The van der Waals surface area contributed by atoms with E-state index < -0.39 is 17.3 Å². The molecule has 0 bridgehead atoms. The standard InChI is InChI=1S/C27H20ClF3N4O2S/c1-37-19-9-12-21(22(28)13-19)24-14-23-25(33-35(24)18-7-10-20(38-2)11-8-18)26(36)34(32-23)15-16-3-5-17(6-4-16)27(29,30)31/h3-14H,15H2,1-2H3. The molecule has 2 heterocycles. The van der Waals surface area contributed by atoms with Crippen LogP contribution in [0.15, 0.2) is 82.5 Å². The number of nitrogens with zero attached hydrogens (tertiary/aromatic N) is 4. The molecule has 0 spiro atoms. The number of benzene rings is 3. The number of rotatable bonds is 6. The van der Waals surface area contributed by atoms with Crippen LogP contribution >= 0.6 is 23.4 Å². The molecule has 11 heteroatoms. The predicted molar refractivity (Wildman–Crippen MR) is 142 cm³/mol. The number of alkyl halides is 3. The summed E-state index contributed by atoms with van der Waals surface area (Å²) in [6.45, 7) is -0.00558. The zero-order chi connectivity index (χ0) is 27.0. The van der Waals surface area contributed by atoms with Crippen LogP contribution in [-0.4, -0.2) is 32.9 Å². The van der Waals surface area contributed by atoms with Crippen molar-refractivity contribution >= 4 is 23.4 Å². The van der Waals surface area contributed by atoms with E-state index in [1.54, 1.807) is 47.8 Å². The monoisotopic (exact) mass is 556 g/mol. The molecule has 0 fully saturated rings. The lowest BCUT2D eigenvalue weighted by atomic mass is 10.1. The van der Waals surface area contributed by atoms with Crippen molar-refractivity contribution < 1.29 is 17.9 Å². The van der Waals surface area contributed by atoms with Gasteiger partial charge in [-0.15, -0.1) is 11.8 Å². The quantitative estimate of drug-likeness (QED) is 0.219. The van der Waals surface area contributed by atoms with Crippen LogP contribution in [0.3, 0.4) is 0 Å². The van der Waals surface area contributed by atoms with Crippen molar-refractivity contribution in [3.8, 4) is 34.1 Å². The van der Waals surface area contributed by atoms with E-state index in [9.17, 15) is 18.0 Å². The fraction of sp³-hybridized carbons (Fsp3) is 0.148. The lowest BCUT2D eigenvalue weighted by molar-refractivity contribution is -0.137. The van der Waals surface area contributed by atoms with E-state index in [0.29, 0.717) is 39.0 Å². The minimum absolute atomic E-state index is 0.00558. The second-order valence-electron chi connectivity index (χ2n) is 8.38. The molecule has 0 saturated heterocycles. The van der Waals surface area contributed by atoms with Gasteiger partial charge >= 0.3 is 6.18 Å². The molecule has 0 saturated carbocycles. The van der Waals surface area contributed by atoms with Crippen LogP contribution in [0.25, 0.3) is 28.3 Å². The summed E-state index contributed by atoms with van der Waals surface area (Å²) in [5, 5.41) is 9.49. The summed E-state index contributed by atoms with van der Waals surface area (Å²) in [6.07, 6.45) is -2.46. The van der Waals surface area contributed by atoms with E-state index in [1.165, 1.54) is 16.8 Å². The molecule has 0 aromatic heterocycles. The zero-order valence-corrected chi connectivity index (χ0v) is 21.7. The minimum Gasteiger partial charge on any atom is -0.497 e. The maximum Gasteiger partial charge on any atom is 0.416 e. The molecule has 0 radical (unpaired) electrons. The van der Waals surface area contributed by atoms with E-state index in [2.05, 4.69) is 10.2 Å². The molecular formula is C27H20ClF3N4O2S. The van der Waals surface area contributed by atoms with E-state index in [0.717, 1.165) is 17.0 Å². The van der Waals surface area contributed by atoms with Crippen molar-refractivity contribution in [3.05, 3.63) is 99.3 Å². The third-order valence-electron chi connectivity index (χ3n) is 5.99. The normalized spacial score (nSPS) is 11.7. The van der Waals surface area contributed by atoms with Crippen LogP contribution in [0, 0.1) is 0 Å². The molecular weight excluding hydrogens is 537 g/mol. The predicted octanol–water partition coefficient (Wildman–Crippen LogP) is 6.65. The number of hydrogen-bond donors (Lipinski definition) is 0. The van der Waals surface area contributed by atoms with Gasteiger partial charge in [0.1, 0.15) is 11.4 Å². The molecule has 3 aromatic carbocycles. The highest BCUT2D eigenvalue weighted by atomic mass is 35.5. The first-order chi connectivity index (χ1) is 18.2. The first kappa shape index (κ1) is 25.9. The van der Waals surface area contributed by atoms with Gasteiger partial charge in [0.05, 0.1) is 35.6 Å². The average Bonchev–Trinajstić information content (AvgIpc) is 3.21. The van der Waals surface area contributed by atoms with Crippen LogP contribution in [-0.2, 0) is 12.7 Å². The van der Waals surface area contributed by atoms with Gasteiger partial charge in [-0.3, -0.25) is 4.79 Å². The Kier molecular flexibility index (Phi) is 6.93. The summed E-state index contributed by atoms with van der Waals surface area (Å²) in [6, 6.07) is 19.3. The number of hydrogen-bond acceptors (Lipinski definition) is 5. The van der Waals surface area contributed by atoms with Crippen LogP contribution in [0.1, 0.15) is 11.1 Å². The van der Waals surface area contributed by atoms with Gasteiger partial charge in [0.15, 0.2) is 5.69 Å². The van der Waals surface area contributed by atoms with Crippen LogP contribution < -0.4 is 10.3 Å². The Balaban J connectivity index is 1.63. The van der Waals surface area contributed by atoms with Crippen LogP contribution in [0.2, 0.25) is 5.02 Å². The maximum atomic E-state index is 13.2. The molecule has 6 nitrogen and oxygen atoms in total. The number of fused-ring (bicyclic) bond motifs is 1. The largest absolute Gasteiger partial charge is 0.497 e. The highest BCUT2D eigenvalue weighted by Gasteiger charge is 2.30. The Labute approximate surface area is 225 Å². The summed E-state index contributed by atoms with van der Waals surface area (Å²) >= 11 is 8.20. The molecule has 5 rings (SSSR count). The molecule has 2 aliphatic rings. The minimum atomic E-state index is -4.44. The first-order valence-corrected chi connectivity index (χ1v) is 12.9. The smallest absolute Gasteiger partial charge is 0.416 e. The van der Waals surface area contributed by atoms with E-state index >= 15 is 0 Å². The Bertz CT molecular complexity index is 1630. The third kappa shape index (κ3) is 5.01. The Morgan fingerprint density at radius 3 is 2.29 bits per heavy atom. The number of aromatic nitrogens is 4. The van der Waals surface area contributed by atoms with Crippen molar-refractivity contribution in [2.45, 2.75) is 17.6 Å². The van der Waals surface area contributed by atoms with Crippen LogP contribution in [0.5, 0.6) is 5.75 Å². The number of methoxy groups -OCH3 is 1. The summed E-state index contributed by atoms with van der Waals surface area (Å²) in [7, 11) is 1.55. The van der Waals surface area contributed by atoms with Gasteiger partial charge < -0.3 is 4.74 Å². The number of thioether (sulfide) groups is 1. The molecule has 0 aliphatic carbocycles. The zero-order valence-electron chi connectivity index (χ0n) is 20.2. The summed E-state index contributed by atoms with van der Waals surface area (Å²) in [5.41, 5.74) is 1.71. The van der Waals surface area contributed by atoms with Crippen molar-refractivity contribution in [1.29, 1.82) is 0 Å². The lowest BCUT2D eigenvalue weighted by Crippen LogP contribution is -2.19. The fourth-order valence-corrected chi connectivity index (χ4v) is 4.69. The maximum absolute atomic E-state index is 13.2. The highest BCUT2D eigenvalue weighted by Crippen LogP contribution is 2.34. The molecule has 3 aromatic rings. The second-order valence-corrected chi connectivity index (χ2v) is 9.66. The van der Waals surface area contributed by atoms with E-state index in [4.69, 9.17) is 16.3 Å². The molecule has 2 aliphatic heterocycles. The van der Waals surface area contributed by atoms with Gasteiger partial charge in [0.2, 0.25) is 0 Å². The van der Waals surface area contributed by atoms with Crippen molar-refractivity contribution in [1.82, 2.24) is 19.6 Å². The number of halogens is 4. The van der Waals surface area contributed by atoms with Gasteiger partial charge in [-0.25, -0.2) is 9.36 Å². The van der Waals surface area contributed by atoms with Crippen molar-refractivity contribution in [3.63, 3.8) is 0 Å². The third-order valence-corrected chi connectivity index (χ3v) is 7.05. The molecule has 0 N–H and O–H groups in total. The van der Waals surface area contributed by atoms with Gasteiger partial charge in [0.25, 0.3) is 5.56 Å². The molecule has 194 valence electrons. The highest BCUT2D eigenvalue weighted by molar-refractivity contribution is 7.98.